The zero-order valence-corrected chi connectivity index (χ0v) is 18.7. The Labute approximate surface area is 182 Å². The van der Waals surface area contributed by atoms with Crippen LogP contribution in [0.4, 0.5) is 0 Å². The van der Waals surface area contributed by atoms with Crippen LogP contribution in [-0.4, -0.2) is 77.5 Å². The number of likely N-dealkylation sites (tertiary alicyclic amines) is 1. The average Bonchev–Trinajstić information content (AvgIpc) is 3.25. The van der Waals surface area contributed by atoms with Crippen LogP contribution in [0.15, 0.2) is 24.4 Å². The fraction of sp³-hybridized carbons (Fsp3) is 0.545. The normalized spacial score (nSPS) is 16.1. The van der Waals surface area contributed by atoms with E-state index in [1.54, 1.807) is 34.5 Å². The molecule has 2 aromatic rings. The smallest absolute Gasteiger partial charge is 0.276 e. The van der Waals surface area contributed by atoms with Gasteiger partial charge >= 0.3 is 0 Å². The van der Waals surface area contributed by atoms with E-state index in [0.717, 1.165) is 37.7 Å². The summed E-state index contributed by atoms with van der Waals surface area (Å²) >= 11 is 0. The minimum Gasteiger partial charge on any atom is -0.493 e. The van der Waals surface area contributed by atoms with E-state index in [0.29, 0.717) is 18.0 Å². The second-order valence-electron chi connectivity index (χ2n) is 7.97. The molecular weight excluding hydrogens is 398 g/mol. The van der Waals surface area contributed by atoms with Gasteiger partial charge in [-0.1, -0.05) is 11.3 Å². The van der Waals surface area contributed by atoms with Crippen molar-refractivity contribution in [3.05, 3.63) is 35.7 Å². The van der Waals surface area contributed by atoms with Gasteiger partial charge in [-0.05, 0) is 49.8 Å². The van der Waals surface area contributed by atoms with Crippen molar-refractivity contribution in [2.45, 2.75) is 44.7 Å². The highest BCUT2D eigenvalue weighted by molar-refractivity contribution is 5.92. The zero-order valence-electron chi connectivity index (χ0n) is 18.7. The molecule has 0 bridgehead atoms. The molecule has 9 nitrogen and oxygen atoms in total. The highest BCUT2D eigenvalue weighted by Crippen LogP contribution is 2.29. The number of aryl methyl sites for hydroxylation is 1. The van der Waals surface area contributed by atoms with Crippen LogP contribution >= 0.6 is 0 Å². The molecule has 1 aliphatic heterocycles. The molecule has 0 N–H and O–H groups in total. The van der Waals surface area contributed by atoms with Gasteiger partial charge < -0.3 is 19.3 Å². The minimum atomic E-state index is -0.124. The summed E-state index contributed by atoms with van der Waals surface area (Å²) in [6, 6.07) is 6.07. The number of hydrogen-bond donors (Lipinski definition) is 0. The van der Waals surface area contributed by atoms with E-state index in [-0.39, 0.29) is 30.1 Å². The molecule has 1 aromatic carbocycles. The number of hydrogen-bond acceptors (Lipinski definition) is 6. The Morgan fingerprint density at radius 1 is 1.16 bits per heavy atom. The van der Waals surface area contributed by atoms with Crippen LogP contribution in [-0.2, 0) is 17.8 Å². The molecule has 1 aliphatic rings. The Balaban J connectivity index is 1.66. The van der Waals surface area contributed by atoms with Crippen LogP contribution in [0.25, 0.3) is 0 Å². The van der Waals surface area contributed by atoms with Gasteiger partial charge in [0.2, 0.25) is 5.91 Å². The first-order valence-electron chi connectivity index (χ1n) is 10.5. The lowest BCUT2D eigenvalue weighted by Crippen LogP contribution is -2.44. The number of ether oxygens (including phenoxy) is 2. The van der Waals surface area contributed by atoms with E-state index in [1.165, 1.54) is 9.58 Å². The van der Waals surface area contributed by atoms with E-state index < -0.39 is 0 Å². The lowest BCUT2D eigenvalue weighted by atomic mass is 9.95. The Morgan fingerprint density at radius 2 is 1.94 bits per heavy atom. The molecule has 2 amide bonds. The summed E-state index contributed by atoms with van der Waals surface area (Å²) < 4.78 is 12.1. The average molecular weight is 430 g/mol. The van der Waals surface area contributed by atoms with E-state index in [4.69, 9.17) is 9.47 Å². The van der Waals surface area contributed by atoms with Gasteiger partial charge in [0, 0.05) is 26.7 Å². The summed E-state index contributed by atoms with van der Waals surface area (Å²) in [5.74, 6) is 1.19. The molecular formula is C22H31N5O4. The summed E-state index contributed by atoms with van der Waals surface area (Å²) in [6.07, 6.45) is 6.29. The fourth-order valence-electron chi connectivity index (χ4n) is 3.84. The third-order valence-electron chi connectivity index (χ3n) is 5.66. The Bertz CT molecular complexity index is 911. The third-order valence-corrected chi connectivity index (χ3v) is 5.66. The summed E-state index contributed by atoms with van der Waals surface area (Å²) in [5, 5.41) is 7.97. The third kappa shape index (κ3) is 5.53. The van der Waals surface area contributed by atoms with Gasteiger partial charge in [0.15, 0.2) is 17.2 Å². The van der Waals surface area contributed by atoms with E-state index in [1.807, 2.05) is 23.1 Å². The first kappa shape index (κ1) is 22.6. The Morgan fingerprint density at radius 3 is 2.65 bits per heavy atom. The highest BCUT2D eigenvalue weighted by Gasteiger charge is 2.29. The van der Waals surface area contributed by atoms with Crippen LogP contribution in [0.3, 0.4) is 0 Å². The summed E-state index contributed by atoms with van der Waals surface area (Å²) in [4.78, 5) is 28.4. The van der Waals surface area contributed by atoms with Crippen LogP contribution in [0.5, 0.6) is 11.5 Å². The molecule has 0 aliphatic carbocycles. The van der Waals surface area contributed by atoms with Gasteiger partial charge in [-0.3, -0.25) is 9.59 Å². The van der Waals surface area contributed by atoms with Gasteiger partial charge in [0.1, 0.15) is 6.54 Å². The van der Waals surface area contributed by atoms with Crippen molar-refractivity contribution in [1.29, 1.82) is 0 Å². The second-order valence-corrected chi connectivity index (χ2v) is 7.97. The van der Waals surface area contributed by atoms with Gasteiger partial charge in [-0.15, -0.1) is 5.10 Å². The Kier molecular flexibility index (Phi) is 7.49. The maximum atomic E-state index is 13.1. The molecule has 9 heteroatoms. The number of amides is 2. The molecule has 1 fully saturated rings. The predicted molar refractivity (Wildman–Crippen MR) is 115 cm³/mol. The monoisotopic (exact) mass is 429 g/mol. The standard InChI is InChI=1S/C22H31N5O4/c1-25(2)21(28)15-26-14-18(23-24-26)22(29)27-12-6-5-7-17(27)10-8-16-9-11-19(30-3)20(13-16)31-4/h9,11,13-14,17H,5-8,10,12,15H2,1-4H3/t17-/m0/s1. The van der Waals surface area contributed by atoms with E-state index >= 15 is 0 Å². The first-order valence-corrected chi connectivity index (χ1v) is 10.5. The van der Waals surface area contributed by atoms with Crippen molar-refractivity contribution in [1.82, 2.24) is 24.8 Å². The molecule has 0 spiro atoms. The molecule has 168 valence electrons. The summed E-state index contributed by atoms with van der Waals surface area (Å²) in [5.41, 5.74) is 1.42. The highest BCUT2D eigenvalue weighted by atomic mass is 16.5. The number of benzene rings is 1. The molecule has 31 heavy (non-hydrogen) atoms. The van der Waals surface area contributed by atoms with Crippen molar-refractivity contribution in [3.8, 4) is 11.5 Å². The van der Waals surface area contributed by atoms with Crippen LogP contribution in [0.2, 0.25) is 0 Å². The number of rotatable bonds is 8. The quantitative estimate of drug-likeness (QED) is 0.638. The SMILES string of the molecule is COc1ccc(CC[C@@H]2CCCCN2C(=O)c2cn(CC(=O)N(C)C)nn2)cc1OC. The van der Waals surface area contributed by atoms with E-state index in [2.05, 4.69) is 10.3 Å². The van der Waals surface area contributed by atoms with Crippen molar-refractivity contribution >= 4 is 11.8 Å². The maximum Gasteiger partial charge on any atom is 0.276 e. The number of carbonyl (C=O) groups is 2. The molecule has 1 aromatic heterocycles. The maximum absolute atomic E-state index is 13.1. The largest absolute Gasteiger partial charge is 0.493 e. The molecule has 2 heterocycles. The van der Waals surface area contributed by atoms with Gasteiger partial charge in [-0.25, -0.2) is 4.68 Å². The van der Waals surface area contributed by atoms with Crippen molar-refractivity contribution in [3.63, 3.8) is 0 Å². The number of methoxy groups -OCH3 is 2. The van der Waals surface area contributed by atoms with Gasteiger partial charge in [0.05, 0.1) is 20.4 Å². The lowest BCUT2D eigenvalue weighted by Gasteiger charge is -2.35. The fourth-order valence-corrected chi connectivity index (χ4v) is 3.84. The minimum absolute atomic E-state index is 0.0655. The predicted octanol–water partition coefficient (Wildman–Crippen LogP) is 2.01. The lowest BCUT2D eigenvalue weighted by molar-refractivity contribution is -0.129. The van der Waals surface area contributed by atoms with Gasteiger partial charge in [0.25, 0.3) is 5.91 Å². The number of aromatic nitrogens is 3. The second kappa shape index (κ2) is 10.3. The van der Waals surface area contributed by atoms with Crippen molar-refractivity contribution in [2.24, 2.45) is 0 Å². The summed E-state index contributed by atoms with van der Waals surface area (Å²) in [7, 11) is 6.61. The van der Waals surface area contributed by atoms with Crippen LogP contribution in [0, 0.1) is 0 Å². The molecule has 0 radical (unpaired) electrons. The zero-order chi connectivity index (χ0) is 22.4. The number of piperidine rings is 1. The number of likely N-dealkylation sites (N-methyl/N-ethyl adjacent to an activating group) is 1. The molecule has 0 unspecified atom stereocenters. The molecule has 1 atom stereocenters. The van der Waals surface area contributed by atoms with Gasteiger partial charge in [-0.2, -0.15) is 0 Å². The molecule has 3 rings (SSSR count). The molecule has 0 saturated carbocycles. The number of carbonyl (C=O) groups excluding carboxylic acids is 2. The topological polar surface area (TPSA) is 89.8 Å². The van der Waals surface area contributed by atoms with Crippen molar-refractivity contribution in [2.75, 3.05) is 34.9 Å². The number of nitrogens with zero attached hydrogens (tertiary/aromatic N) is 5. The van der Waals surface area contributed by atoms with E-state index in [9.17, 15) is 9.59 Å². The summed E-state index contributed by atoms with van der Waals surface area (Å²) in [6.45, 7) is 0.773. The Hall–Kier alpha value is -3.10. The van der Waals surface area contributed by atoms with Crippen LogP contribution < -0.4 is 9.47 Å². The molecule has 1 saturated heterocycles. The van der Waals surface area contributed by atoms with Crippen LogP contribution in [0.1, 0.15) is 41.7 Å². The first-order chi connectivity index (χ1) is 14.9. The van der Waals surface area contributed by atoms with Crippen molar-refractivity contribution < 1.29 is 19.1 Å².